The molecule has 1 aromatic carbocycles. The third-order valence-electron chi connectivity index (χ3n) is 2.77. The van der Waals surface area contributed by atoms with Crippen LogP contribution in [0.3, 0.4) is 0 Å². The summed E-state index contributed by atoms with van der Waals surface area (Å²) in [5, 5.41) is 10.6. The van der Waals surface area contributed by atoms with Crippen LogP contribution in [0.1, 0.15) is 11.4 Å². The van der Waals surface area contributed by atoms with Gasteiger partial charge in [0, 0.05) is 14.1 Å². The topological polar surface area (TPSA) is 63.1 Å². The fourth-order valence-corrected chi connectivity index (χ4v) is 2.60. The average Bonchev–Trinajstić information content (AvgIpc) is 2.78. The van der Waals surface area contributed by atoms with E-state index in [1.807, 2.05) is 29.7 Å². The van der Waals surface area contributed by atoms with Gasteiger partial charge in [-0.2, -0.15) is 0 Å². The molecule has 112 valence electrons. The van der Waals surface area contributed by atoms with E-state index in [1.54, 1.807) is 19.1 Å². The van der Waals surface area contributed by atoms with Crippen molar-refractivity contribution >= 4 is 17.7 Å². The summed E-state index contributed by atoms with van der Waals surface area (Å²) in [6.07, 6.45) is 0. The monoisotopic (exact) mass is 305 g/mol. The van der Waals surface area contributed by atoms with Crippen molar-refractivity contribution in [2.24, 2.45) is 0 Å². The smallest absolute Gasteiger partial charge is 0.244 e. The van der Waals surface area contributed by atoms with Crippen LogP contribution in [0, 0.1) is 6.92 Å². The third kappa shape index (κ3) is 4.57. The zero-order valence-electron chi connectivity index (χ0n) is 12.4. The number of rotatable bonds is 6. The quantitative estimate of drug-likeness (QED) is 0.644. The van der Waals surface area contributed by atoms with Crippen molar-refractivity contribution in [1.82, 2.24) is 25.2 Å². The van der Waals surface area contributed by atoms with Crippen molar-refractivity contribution in [2.75, 3.05) is 19.8 Å². The Labute approximate surface area is 128 Å². The summed E-state index contributed by atoms with van der Waals surface area (Å²) in [5.41, 5.74) is 3.89. The maximum absolute atomic E-state index is 11.7. The molecule has 6 nitrogen and oxygen atoms in total. The highest BCUT2D eigenvalue weighted by Crippen LogP contribution is 2.18. The SMILES string of the molecule is Cc1nnc(SCC(=O)NN(C)C)n1Cc1ccccc1. The van der Waals surface area contributed by atoms with Crippen molar-refractivity contribution in [3.8, 4) is 0 Å². The van der Waals surface area contributed by atoms with Crippen molar-refractivity contribution < 1.29 is 4.79 Å². The molecule has 1 amide bonds. The number of nitrogens with zero attached hydrogens (tertiary/aromatic N) is 4. The van der Waals surface area contributed by atoms with Gasteiger partial charge in [0.15, 0.2) is 5.16 Å². The predicted molar refractivity (Wildman–Crippen MR) is 82.9 cm³/mol. The first-order valence-corrected chi connectivity index (χ1v) is 7.58. The van der Waals surface area contributed by atoms with E-state index in [-0.39, 0.29) is 5.91 Å². The number of aromatic nitrogens is 3. The minimum absolute atomic E-state index is 0.0584. The van der Waals surface area contributed by atoms with Crippen LogP contribution in [0.2, 0.25) is 0 Å². The van der Waals surface area contributed by atoms with Gasteiger partial charge in [-0.25, -0.2) is 5.01 Å². The van der Waals surface area contributed by atoms with E-state index >= 15 is 0 Å². The first kappa shape index (κ1) is 15.5. The highest BCUT2D eigenvalue weighted by atomic mass is 32.2. The third-order valence-corrected chi connectivity index (χ3v) is 3.73. The van der Waals surface area contributed by atoms with Gasteiger partial charge in [0.25, 0.3) is 0 Å². The van der Waals surface area contributed by atoms with E-state index in [4.69, 9.17) is 0 Å². The van der Waals surface area contributed by atoms with Gasteiger partial charge in [-0.1, -0.05) is 42.1 Å². The van der Waals surface area contributed by atoms with Crippen LogP contribution in [0.4, 0.5) is 0 Å². The number of hydrazine groups is 1. The fraction of sp³-hybridized carbons (Fsp3) is 0.357. The Morgan fingerprint density at radius 1 is 1.29 bits per heavy atom. The van der Waals surface area contributed by atoms with Crippen LogP contribution in [-0.2, 0) is 11.3 Å². The second-order valence-electron chi connectivity index (χ2n) is 4.82. The number of hydrogen-bond donors (Lipinski definition) is 1. The lowest BCUT2D eigenvalue weighted by Crippen LogP contribution is -2.37. The summed E-state index contributed by atoms with van der Waals surface area (Å²) >= 11 is 1.39. The van der Waals surface area contributed by atoms with Crippen molar-refractivity contribution in [3.05, 3.63) is 41.7 Å². The molecule has 0 radical (unpaired) electrons. The number of carbonyl (C=O) groups is 1. The molecule has 0 saturated heterocycles. The minimum atomic E-state index is -0.0584. The molecular formula is C14H19N5OS. The molecule has 0 aliphatic carbocycles. The van der Waals surface area contributed by atoms with Gasteiger partial charge in [0.2, 0.25) is 5.91 Å². The highest BCUT2D eigenvalue weighted by Gasteiger charge is 2.12. The maximum atomic E-state index is 11.7. The van der Waals surface area contributed by atoms with Crippen molar-refractivity contribution in [2.45, 2.75) is 18.6 Å². The lowest BCUT2D eigenvalue weighted by Gasteiger charge is -2.12. The van der Waals surface area contributed by atoms with Crippen LogP contribution in [-0.4, -0.2) is 45.5 Å². The molecule has 2 rings (SSSR count). The summed E-state index contributed by atoms with van der Waals surface area (Å²) in [5.74, 6) is 1.09. The van der Waals surface area contributed by atoms with E-state index in [1.165, 1.54) is 17.3 Å². The number of hydrogen-bond acceptors (Lipinski definition) is 5. The molecule has 0 aliphatic rings. The average molecular weight is 305 g/mol. The molecule has 0 unspecified atom stereocenters. The van der Waals surface area contributed by atoms with Gasteiger partial charge >= 0.3 is 0 Å². The van der Waals surface area contributed by atoms with Gasteiger partial charge < -0.3 is 4.57 Å². The molecule has 7 heteroatoms. The zero-order chi connectivity index (χ0) is 15.2. The lowest BCUT2D eigenvalue weighted by atomic mass is 10.2. The molecule has 0 fully saturated rings. The molecule has 0 aliphatic heterocycles. The van der Waals surface area contributed by atoms with E-state index in [9.17, 15) is 4.79 Å². The second kappa shape index (κ2) is 7.24. The molecule has 0 bridgehead atoms. The molecule has 0 spiro atoms. The summed E-state index contributed by atoms with van der Waals surface area (Å²) in [4.78, 5) is 11.7. The standard InChI is InChI=1S/C14H19N5OS/c1-11-15-16-14(21-10-13(20)17-18(2)3)19(11)9-12-7-5-4-6-8-12/h4-8H,9-10H2,1-3H3,(H,17,20). The van der Waals surface area contributed by atoms with Gasteiger partial charge in [0.05, 0.1) is 12.3 Å². The van der Waals surface area contributed by atoms with Crippen LogP contribution >= 0.6 is 11.8 Å². The number of aryl methyl sites for hydroxylation is 1. The van der Waals surface area contributed by atoms with Gasteiger partial charge in [-0.05, 0) is 12.5 Å². The Morgan fingerprint density at radius 3 is 2.67 bits per heavy atom. The molecule has 1 aromatic heterocycles. The van der Waals surface area contributed by atoms with E-state index in [0.717, 1.165) is 11.0 Å². The Balaban J connectivity index is 2.03. The predicted octanol–water partition coefficient (Wildman–Crippen LogP) is 1.32. The van der Waals surface area contributed by atoms with Crippen LogP contribution in [0.5, 0.6) is 0 Å². The zero-order valence-corrected chi connectivity index (χ0v) is 13.2. The number of amides is 1. The first-order valence-electron chi connectivity index (χ1n) is 6.59. The summed E-state index contributed by atoms with van der Waals surface area (Å²) in [6, 6.07) is 10.1. The largest absolute Gasteiger partial charge is 0.302 e. The minimum Gasteiger partial charge on any atom is -0.302 e. The normalized spacial score (nSPS) is 10.9. The van der Waals surface area contributed by atoms with Gasteiger partial charge in [0.1, 0.15) is 5.82 Å². The first-order chi connectivity index (χ1) is 10.1. The van der Waals surface area contributed by atoms with E-state index in [2.05, 4.69) is 27.8 Å². The van der Waals surface area contributed by atoms with Crippen LogP contribution < -0.4 is 5.43 Å². The van der Waals surface area contributed by atoms with E-state index in [0.29, 0.717) is 12.3 Å². The molecular weight excluding hydrogens is 286 g/mol. The number of benzene rings is 1. The number of nitrogens with one attached hydrogen (secondary N) is 1. The van der Waals surface area contributed by atoms with Crippen molar-refractivity contribution in [3.63, 3.8) is 0 Å². The number of thioether (sulfide) groups is 1. The molecule has 1 N–H and O–H groups in total. The molecule has 1 heterocycles. The molecule has 2 aromatic rings. The summed E-state index contributed by atoms with van der Waals surface area (Å²) < 4.78 is 2.02. The number of carbonyl (C=O) groups excluding carboxylic acids is 1. The summed E-state index contributed by atoms with van der Waals surface area (Å²) in [6.45, 7) is 2.62. The van der Waals surface area contributed by atoms with E-state index < -0.39 is 0 Å². The Hall–Kier alpha value is -1.86. The van der Waals surface area contributed by atoms with Gasteiger partial charge in [-0.15, -0.1) is 10.2 Å². The second-order valence-corrected chi connectivity index (χ2v) is 5.76. The van der Waals surface area contributed by atoms with Crippen LogP contribution in [0.15, 0.2) is 35.5 Å². The Bertz CT molecular complexity index is 597. The Kier molecular flexibility index (Phi) is 5.35. The lowest BCUT2D eigenvalue weighted by molar-refractivity contribution is -0.122. The van der Waals surface area contributed by atoms with Crippen molar-refractivity contribution in [1.29, 1.82) is 0 Å². The maximum Gasteiger partial charge on any atom is 0.244 e. The molecule has 0 saturated carbocycles. The van der Waals surface area contributed by atoms with Gasteiger partial charge in [-0.3, -0.25) is 10.2 Å². The highest BCUT2D eigenvalue weighted by molar-refractivity contribution is 7.99. The Morgan fingerprint density at radius 2 is 2.00 bits per heavy atom. The van der Waals surface area contributed by atoms with Crippen LogP contribution in [0.25, 0.3) is 0 Å². The fourth-order valence-electron chi connectivity index (χ4n) is 1.83. The summed E-state index contributed by atoms with van der Waals surface area (Å²) in [7, 11) is 3.56. The molecule has 0 atom stereocenters. The molecule has 21 heavy (non-hydrogen) atoms.